The molecule has 1 amide bonds. The van der Waals surface area contributed by atoms with Crippen LogP contribution in [-0.4, -0.2) is 39.9 Å². The molecule has 0 radical (unpaired) electrons. The summed E-state index contributed by atoms with van der Waals surface area (Å²) in [4.78, 5) is 24.2. The molecule has 1 aliphatic heterocycles. The minimum Gasteiger partial charge on any atom is -0.454 e. The van der Waals surface area contributed by atoms with Gasteiger partial charge in [0, 0.05) is 18.0 Å². The largest absolute Gasteiger partial charge is 0.454 e. The lowest BCUT2D eigenvalue weighted by atomic mass is 10.1. The zero-order valence-corrected chi connectivity index (χ0v) is 15.5. The van der Waals surface area contributed by atoms with Gasteiger partial charge in [-0.2, -0.15) is 0 Å². The Balaban J connectivity index is 1.63. The lowest BCUT2D eigenvalue weighted by molar-refractivity contribution is -0.119. The van der Waals surface area contributed by atoms with E-state index < -0.39 is 28.3 Å². The first-order chi connectivity index (χ1) is 12.7. The summed E-state index contributed by atoms with van der Waals surface area (Å²) in [7, 11) is -3.46. The van der Waals surface area contributed by atoms with Crippen LogP contribution in [0.25, 0.3) is 0 Å². The molecule has 3 rings (SSSR count). The monoisotopic (exact) mass is 391 g/mol. The number of carbonyl (C=O) groups is 2. The average Bonchev–Trinajstić information content (AvgIpc) is 3.06. The maximum atomic E-state index is 12.2. The van der Waals surface area contributed by atoms with Crippen LogP contribution < -0.4 is 14.8 Å². The van der Waals surface area contributed by atoms with E-state index >= 15 is 0 Å². The van der Waals surface area contributed by atoms with E-state index in [1.165, 1.54) is 18.2 Å². The van der Waals surface area contributed by atoms with E-state index in [-0.39, 0.29) is 17.3 Å². The predicted molar refractivity (Wildman–Crippen MR) is 95.8 cm³/mol. The van der Waals surface area contributed by atoms with Crippen molar-refractivity contribution in [1.29, 1.82) is 0 Å². The van der Waals surface area contributed by atoms with Crippen molar-refractivity contribution in [3.63, 3.8) is 0 Å². The molecule has 1 heterocycles. The zero-order chi connectivity index (χ0) is 19.6. The molecule has 0 aliphatic carbocycles. The molecule has 0 aromatic heterocycles. The zero-order valence-electron chi connectivity index (χ0n) is 14.6. The first-order valence-electron chi connectivity index (χ1n) is 7.91. The molecule has 1 aliphatic rings. The Morgan fingerprint density at radius 2 is 1.85 bits per heavy atom. The first kappa shape index (κ1) is 18.7. The van der Waals surface area contributed by atoms with Gasteiger partial charge in [0.25, 0.3) is 5.91 Å². The van der Waals surface area contributed by atoms with E-state index in [9.17, 15) is 18.0 Å². The molecule has 0 saturated heterocycles. The number of anilines is 1. The normalized spacial score (nSPS) is 12.5. The quantitative estimate of drug-likeness (QED) is 0.776. The van der Waals surface area contributed by atoms with Crippen molar-refractivity contribution in [3.05, 3.63) is 47.5 Å². The van der Waals surface area contributed by atoms with Gasteiger partial charge >= 0.3 is 5.97 Å². The molecule has 2 aromatic carbocycles. The van der Waals surface area contributed by atoms with E-state index in [4.69, 9.17) is 14.2 Å². The topological polar surface area (TPSA) is 108 Å². The van der Waals surface area contributed by atoms with Crippen LogP contribution in [0.1, 0.15) is 15.9 Å². The van der Waals surface area contributed by atoms with Crippen molar-refractivity contribution in [2.24, 2.45) is 0 Å². The molecule has 2 aromatic rings. The minimum absolute atomic E-state index is 0.00450. The highest BCUT2D eigenvalue weighted by molar-refractivity contribution is 7.90. The van der Waals surface area contributed by atoms with Crippen molar-refractivity contribution < 1.29 is 32.2 Å². The number of sulfone groups is 1. The molecule has 142 valence electrons. The van der Waals surface area contributed by atoms with Gasteiger partial charge in [0.2, 0.25) is 6.79 Å². The second kappa shape index (κ2) is 7.28. The SMILES string of the molecule is Cc1ccc(S(C)(=O)=O)cc1C(=O)OCC(=O)Nc1ccc2c(c1)OCO2. The third kappa shape index (κ3) is 4.37. The molecular weight excluding hydrogens is 374 g/mol. The molecule has 0 fully saturated rings. The van der Waals surface area contributed by atoms with Crippen molar-refractivity contribution >= 4 is 27.4 Å². The maximum Gasteiger partial charge on any atom is 0.338 e. The Kier molecular flexibility index (Phi) is 5.04. The van der Waals surface area contributed by atoms with Crippen LogP contribution in [0.15, 0.2) is 41.3 Å². The number of aryl methyl sites for hydroxylation is 1. The van der Waals surface area contributed by atoms with Crippen molar-refractivity contribution in [3.8, 4) is 11.5 Å². The van der Waals surface area contributed by atoms with Gasteiger partial charge in [-0.15, -0.1) is 0 Å². The van der Waals surface area contributed by atoms with Crippen LogP contribution in [0.4, 0.5) is 5.69 Å². The molecule has 1 N–H and O–H groups in total. The number of ether oxygens (including phenoxy) is 3. The molecule has 8 nitrogen and oxygen atoms in total. The number of carbonyl (C=O) groups excluding carboxylic acids is 2. The van der Waals surface area contributed by atoms with Gasteiger partial charge in [-0.25, -0.2) is 13.2 Å². The maximum absolute atomic E-state index is 12.2. The summed E-state index contributed by atoms with van der Waals surface area (Å²) in [5.74, 6) is -0.225. The molecular formula is C18H17NO7S. The third-order valence-corrected chi connectivity index (χ3v) is 4.96. The lowest BCUT2D eigenvalue weighted by Gasteiger charge is -2.09. The van der Waals surface area contributed by atoms with Gasteiger partial charge in [0.05, 0.1) is 10.5 Å². The van der Waals surface area contributed by atoms with E-state index in [1.54, 1.807) is 25.1 Å². The third-order valence-electron chi connectivity index (χ3n) is 3.85. The molecule has 0 bridgehead atoms. The second-order valence-electron chi connectivity index (χ2n) is 5.94. The van der Waals surface area contributed by atoms with E-state index in [0.717, 1.165) is 6.26 Å². The second-order valence-corrected chi connectivity index (χ2v) is 7.96. The van der Waals surface area contributed by atoms with Crippen LogP contribution in [-0.2, 0) is 19.4 Å². The van der Waals surface area contributed by atoms with Crippen LogP contribution in [0, 0.1) is 6.92 Å². The lowest BCUT2D eigenvalue weighted by Crippen LogP contribution is -2.21. The Hall–Kier alpha value is -3.07. The van der Waals surface area contributed by atoms with Crippen molar-refractivity contribution in [1.82, 2.24) is 0 Å². The van der Waals surface area contributed by atoms with Gasteiger partial charge in [-0.3, -0.25) is 4.79 Å². The Bertz CT molecular complexity index is 1010. The van der Waals surface area contributed by atoms with Crippen LogP contribution >= 0.6 is 0 Å². The van der Waals surface area contributed by atoms with Crippen molar-refractivity contribution in [2.45, 2.75) is 11.8 Å². The number of esters is 1. The van der Waals surface area contributed by atoms with Gasteiger partial charge in [0.15, 0.2) is 27.9 Å². The molecule has 27 heavy (non-hydrogen) atoms. The summed E-state index contributed by atoms with van der Waals surface area (Å²) in [6, 6.07) is 9.05. The van der Waals surface area contributed by atoms with Gasteiger partial charge in [-0.1, -0.05) is 6.07 Å². The van der Waals surface area contributed by atoms with Gasteiger partial charge in [0.1, 0.15) is 0 Å². The first-order valence-corrected chi connectivity index (χ1v) is 9.80. The number of rotatable bonds is 5. The van der Waals surface area contributed by atoms with Gasteiger partial charge < -0.3 is 19.5 Å². The van der Waals surface area contributed by atoms with Crippen LogP contribution in [0.2, 0.25) is 0 Å². The molecule has 0 atom stereocenters. The predicted octanol–water partition coefficient (Wildman–Crippen LogP) is 1.92. The summed E-state index contributed by atoms with van der Waals surface area (Å²) < 4.78 is 38.7. The fourth-order valence-electron chi connectivity index (χ4n) is 2.43. The average molecular weight is 391 g/mol. The summed E-state index contributed by atoms with van der Waals surface area (Å²) >= 11 is 0. The Labute approximate surface area is 156 Å². The van der Waals surface area contributed by atoms with Crippen LogP contribution in [0.5, 0.6) is 11.5 Å². The smallest absolute Gasteiger partial charge is 0.338 e. The summed E-state index contributed by atoms with van der Waals surface area (Å²) in [5, 5.41) is 2.58. The standard InChI is InChI=1S/C18H17NO7S/c1-11-3-5-13(27(2,22)23)8-14(11)18(21)24-9-17(20)19-12-4-6-15-16(7-12)26-10-25-15/h3-8H,9-10H2,1-2H3,(H,19,20). The number of nitrogens with one attached hydrogen (secondary N) is 1. The summed E-state index contributed by atoms with van der Waals surface area (Å²) in [5.41, 5.74) is 1.10. The number of amides is 1. The van der Waals surface area contributed by atoms with Crippen LogP contribution in [0.3, 0.4) is 0 Å². The number of fused-ring (bicyclic) bond motifs is 1. The minimum atomic E-state index is -3.46. The van der Waals surface area contributed by atoms with E-state index in [2.05, 4.69) is 5.32 Å². The molecule has 0 saturated carbocycles. The Morgan fingerprint density at radius 3 is 2.59 bits per heavy atom. The fraction of sp³-hybridized carbons (Fsp3) is 0.222. The van der Waals surface area contributed by atoms with Crippen molar-refractivity contribution in [2.75, 3.05) is 25.0 Å². The summed E-state index contributed by atoms with van der Waals surface area (Å²) in [6.45, 7) is 1.25. The highest BCUT2D eigenvalue weighted by Gasteiger charge is 2.18. The fourth-order valence-corrected chi connectivity index (χ4v) is 3.08. The molecule has 9 heteroatoms. The number of hydrogen-bond acceptors (Lipinski definition) is 7. The van der Waals surface area contributed by atoms with Gasteiger partial charge in [-0.05, 0) is 36.8 Å². The summed E-state index contributed by atoms with van der Waals surface area (Å²) in [6.07, 6.45) is 1.05. The highest BCUT2D eigenvalue weighted by atomic mass is 32.2. The highest BCUT2D eigenvalue weighted by Crippen LogP contribution is 2.34. The van der Waals surface area contributed by atoms with E-state index in [0.29, 0.717) is 22.7 Å². The number of hydrogen-bond donors (Lipinski definition) is 1. The molecule has 0 spiro atoms. The number of benzene rings is 2. The Morgan fingerprint density at radius 1 is 1.11 bits per heavy atom. The van der Waals surface area contributed by atoms with E-state index in [1.807, 2.05) is 0 Å². The molecule has 0 unspecified atom stereocenters.